The Morgan fingerprint density at radius 1 is 1.31 bits per heavy atom. The maximum Gasteiger partial charge on any atom is 0.258 e. The normalized spacial score (nSPS) is 17.2. The highest BCUT2D eigenvalue weighted by atomic mass is 16.5. The van der Waals surface area contributed by atoms with Gasteiger partial charge in [0.15, 0.2) is 6.61 Å². The van der Waals surface area contributed by atoms with Gasteiger partial charge in [0.25, 0.3) is 11.8 Å². The number of anilines is 1. The van der Waals surface area contributed by atoms with Gasteiger partial charge < -0.3 is 9.64 Å². The highest BCUT2D eigenvalue weighted by molar-refractivity contribution is 6.07. The number of imide groups is 1. The van der Waals surface area contributed by atoms with E-state index in [0.29, 0.717) is 16.7 Å². The Morgan fingerprint density at radius 3 is 2.94 bits per heavy atom. The van der Waals surface area contributed by atoms with Crippen molar-refractivity contribution in [2.24, 2.45) is 0 Å². The zero-order valence-electron chi connectivity index (χ0n) is 17.2. The minimum Gasteiger partial charge on any atom is -0.464 e. The topological polar surface area (TPSA) is 131 Å². The largest absolute Gasteiger partial charge is 0.464 e. The summed E-state index contributed by atoms with van der Waals surface area (Å²) in [7, 11) is 0. The molecule has 10 heteroatoms. The quantitative estimate of drug-likeness (QED) is 0.529. The predicted octanol–water partition coefficient (Wildman–Crippen LogP) is 0.892. The molecule has 2 aromatic rings. The predicted molar refractivity (Wildman–Crippen MR) is 111 cm³/mol. The number of carbonyl (C=O) groups excluding carboxylic acids is 4. The van der Waals surface area contributed by atoms with E-state index >= 15 is 0 Å². The lowest BCUT2D eigenvalue weighted by Gasteiger charge is -2.29. The van der Waals surface area contributed by atoms with Crippen LogP contribution in [0.25, 0.3) is 0 Å². The Bertz CT molecular complexity index is 1180. The number of nitrogens with one attached hydrogen (secondary N) is 2. The van der Waals surface area contributed by atoms with Crippen molar-refractivity contribution >= 4 is 29.6 Å². The van der Waals surface area contributed by atoms with Gasteiger partial charge in [-0.2, -0.15) is 4.98 Å². The van der Waals surface area contributed by atoms with Gasteiger partial charge in [-0.15, -0.1) is 5.92 Å². The van der Waals surface area contributed by atoms with Crippen LogP contribution < -0.4 is 15.4 Å². The second-order valence-corrected chi connectivity index (χ2v) is 7.16. The molecule has 0 bridgehead atoms. The summed E-state index contributed by atoms with van der Waals surface area (Å²) >= 11 is 0. The number of ether oxygens (including phenoxy) is 1. The standard InChI is InChI=1S/C22H19N5O5/c1-2-3-10-32-18-8-9-23-22(25-18)26-19(29)13-4-5-15-14(11-13)12-27(21(15)31)16-6-7-17(28)24-20(16)30/h4-5,8-9,11,16H,6-7,10,12H2,1H3,(H,24,28,30)(H,23,25,26,29). The highest BCUT2D eigenvalue weighted by Gasteiger charge is 2.39. The molecule has 2 aliphatic heterocycles. The summed E-state index contributed by atoms with van der Waals surface area (Å²) in [5.74, 6) is 4.22. The zero-order valence-corrected chi connectivity index (χ0v) is 17.2. The molecule has 1 aromatic carbocycles. The van der Waals surface area contributed by atoms with Gasteiger partial charge in [-0.1, -0.05) is 5.92 Å². The summed E-state index contributed by atoms with van der Waals surface area (Å²) in [6.45, 7) is 2.05. The van der Waals surface area contributed by atoms with Crippen LogP contribution in [0, 0.1) is 11.8 Å². The Kier molecular flexibility index (Phi) is 5.81. The van der Waals surface area contributed by atoms with Crippen molar-refractivity contribution in [1.29, 1.82) is 0 Å². The number of hydrogen-bond acceptors (Lipinski definition) is 7. The lowest BCUT2D eigenvalue weighted by molar-refractivity contribution is -0.136. The number of piperidine rings is 1. The van der Waals surface area contributed by atoms with E-state index in [1.807, 2.05) is 0 Å². The van der Waals surface area contributed by atoms with Crippen molar-refractivity contribution in [2.45, 2.75) is 32.4 Å². The average molecular weight is 433 g/mol. The second kappa shape index (κ2) is 8.85. The molecule has 3 heterocycles. The van der Waals surface area contributed by atoms with E-state index in [2.05, 4.69) is 32.4 Å². The second-order valence-electron chi connectivity index (χ2n) is 7.16. The molecule has 0 saturated carbocycles. The lowest BCUT2D eigenvalue weighted by atomic mass is 10.0. The Balaban J connectivity index is 1.46. The third kappa shape index (κ3) is 4.27. The Hall–Kier alpha value is -4.26. The van der Waals surface area contributed by atoms with E-state index < -0.39 is 17.9 Å². The van der Waals surface area contributed by atoms with Gasteiger partial charge in [-0.25, -0.2) is 4.98 Å². The SMILES string of the molecule is CC#CCOc1ccnc(NC(=O)c2ccc3c(c2)CN(C2CCC(=O)NC2=O)C3=O)n1. The fraction of sp³-hybridized carbons (Fsp3) is 0.273. The lowest BCUT2D eigenvalue weighted by Crippen LogP contribution is -2.52. The molecule has 1 saturated heterocycles. The number of hydrogen-bond donors (Lipinski definition) is 2. The molecular weight excluding hydrogens is 414 g/mol. The first-order chi connectivity index (χ1) is 15.5. The van der Waals surface area contributed by atoms with Crippen LogP contribution in [0.1, 0.15) is 46.0 Å². The van der Waals surface area contributed by atoms with E-state index in [1.165, 1.54) is 17.2 Å². The first-order valence-corrected chi connectivity index (χ1v) is 9.90. The monoisotopic (exact) mass is 433 g/mol. The van der Waals surface area contributed by atoms with Crippen LogP contribution in [-0.4, -0.2) is 51.1 Å². The summed E-state index contributed by atoms with van der Waals surface area (Å²) in [6.07, 6.45) is 1.91. The molecule has 4 amide bonds. The zero-order chi connectivity index (χ0) is 22.7. The molecule has 10 nitrogen and oxygen atoms in total. The maximum absolute atomic E-state index is 12.8. The van der Waals surface area contributed by atoms with E-state index in [9.17, 15) is 19.2 Å². The molecule has 1 unspecified atom stereocenters. The molecule has 0 spiro atoms. The van der Waals surface area contributed by atoms with Crippen molar-refractivity contribution in [3.05, 3.63) is 47.2 Å². The molecule has 0 aliphatic carbocycles. The van der Waals surface area contributed by atoms with Crippen LogP contribution in [-0.2, 0) is 16.1 Å². The average Bonchev–Trinajstić information content (AvgIpc) is 3.10. The smallest absolute Gasteiger partial charge is 0.258 e. The van der Waals surface area contributed by atoms with Crippen molar-refractivity contribution in [3.8, 4) is 17.7 Å². The summed E-state index contributed by atoms with van der Waals surface area (Å²) < 4.78 is 5.36. The molecule has 162 valence electrons. The molecule has 32 heavy (non-hydrogen) atoms. The van der Waals surface area contributed by atoms with Crippen LogP contribution in [0.3, 0.4) is 0 Å². The van der Waals surface area contributed by atoms with Crippen molar-refractivity contribution in [1.82, 2.24) is 20.2 Å². The first-order valence-electron chi connectivity index (χ1n) is 9.90. The third-order valence-corrected chi connectivity index (χ3v) is 5.11. The van der Waals surface area contributed by atoms with Crippen molar-refractivity contribution in [3.63, 3.8) is 0 Å². The molecule has 1 atom stereocenters. The molecule has 4 rings (SSSR count). The molecule has 1 aromatic heterocycles. The Labute approximate surface area is 183 Å². The number of benzene rings is 1. The van der Waals surface area contributed by atoms with E-state index in [0.717, 1.165) is 0 Å². The summed E-state index contributed by atoms with van der Waals surface area (Å²) in [5.41, 5.74) is 1.37. The molecule has 2 N–H and O–H groups in total. The molecule has 2 aliphatic rings. The molecule has 1 fully saturated rings. The summed E-state index contributed by atoms with van der Waals surface area (Å²) in [6, 6.07) is 5.53. The number of fused-ring (bicyclic) bond motifs is 1. The van der Waals surface area contributed by atoms with Gasteiger partial charge in [-0.3, -0.25) is 29.8 Å². The van der Waals surface area contributed by atoms with Crippen molar-refractivity contribution < 1.29 is 23.9 Å². The fourth-order valence-corrected chi connectivity index (χ4v) is 3.55. The third-order valence-electron chi connectivity index (χ3n) is 5.11. The van der Waals surface area contributed by atoms with E-state index in [4.69, 9.17) is 4.74 Å². The number of amides is 4. The Morgan fingerprint density at radius 2 is 2.16 bits per heavy atom. The number of nitrogens with zero attached hydrogens (tertiary/aromatic N) is 3. The van der Waals surface area contributed by atoms with Crippen LogP contribution in [0.15, 0.2) is 30.5 Å². The highest BCUT2D eigenvalue weighted by Crippen LogP contribution is 2.28. The minimum absolute atomic E-state index is 0.0682. The van der Waals surface area contributed by atoms with Gasteiger partial charge in [0.1, 0.15) is 6.04 Å². The number of aromatic nitrogens is 2. The summed E-state index contributed by atoms with van der Waals surface area (Å²) in [5, 5.41) is 4.86. The van der Waals surface area contributed by atoms with Crippen LogP contribution >= 0.6 is 0 Å². The van der Waals surface area contributed by atoms with Crippen molar-refractivity contribution in [2.75, 3.05) is 11.9 Å². The molecular formula is C22H19N5O5. The number of carbonyl (C=O) groups is 4. The van der Waals surface area contributed by atoms with Crippen LogP contribution in [0.2, 0.25) is 0 Å². The molecule has 0 radical (unpaired) electrons. The van der Waals surface area contributed by atoms with Gasteiger partial charge in [0.05, 0.1) is 0 Å². The van der Waals surface area contributed by atoms with E-state index in [1.54, 1.807) is 25.1 Å². The van der Waals surface area contributed by atoms with Gasteiger partial charge in [0, 0.05) is 36.4 Å². The number of rotatable bonds is 5. The van der Waals surface area contributed by atoms with Gasteiger partial charge in [-0.05, 0) is 37.1 Å². The first kappa shape index (κ1) is 21.0. The van der Waals surface area contributed by atoms with Gasteiger partial charge >= 0.3 is 0 Å². The maximum atomic E-state index is 12.8. The van der Waals surface area contributed by atoms with Crippen LogP contribution in [0.5, 0.6) is 5.88 Å². The fourth-order valence-electron chi connectivity index (χ4n) is 3.55. The minimum atomic E-state index is -0.710. The van der Waals surface area contributed by atoms with Crippen LogP contribution in [0.4, 0.5) is 5.95 Å². The summed E-state index contributed by atoms with van der Waals surface area (Å²) in [4.78, 5) is 58.5. The van der Waals surface area contributed by atoms with E-state index in [-0.39, 0.29) is 49.6 Å². The van der Waals surface area contributed by atoms with Gasteiger partial charge in [0.2, 0.25) is 23.6 Å².